The molecule has 0 amide bonds. The van der Waals surface area contributed by atoms with E-state index in [1.807, 2.05) is 60.7 Å². The van der Waals surface area contributed by atoms with Crippen molar-refractivity contribution >= 4 is 10.8 Å². The second-order valence-corrected chi connectivity index (χ2v) is 6.42. The quantitative estimate of drug-likeness (QED) is 0.692. The molecule has 5 heteroatoms. The molecule has 0 aromatic heterocycles. The monoisotopic (exact) mass is 319 g/mol. The number of hydrogen-bond acceptors (Lipinski definition) is 4. The molecular weight excluding hydrogens is 298 g/mol. The van der Waals surface area contributed by atoms with Crippen molar-refractivity contribution in [3.8, 4) is 5.75 Å². The zero-order valence-corrected chi connectivity index (χ0v) is 13.2. The number of nitrogens with one attached hydrogen (secondary N) is 1. The molecule has 4 nitrogen and oxygen atoms in total. The fourth-order valence-corrected chi connectivity index (χ4v) is 2.92. The molecule has 0 aliphatic heterocycles. The highest BCUT2D eigenvalue weighted by atomic mass is 32.2. The average Bonchev–Trinajstić information content (AvgIpc) is 2.58. The fourth-order valence-electron chi connectivity index (χ4n) is 1.89. The standard InChI is InChI=1S/C17H21NO3S/c19-15(14-21-16-7-3-1-4-8-16)13-18-11-12-22(20)17-9-5-2-6-10-17/h1-10,15,18-19H,11-14H2/t15-,22+/m1/s1. The van der Waals surface area contributed by atoms with E-state index in [9.17, 15) is 9.32 Å². The Morgan fingerprint density at radius 1 is 1.05 bits per heavy atom. The summed E-state index contributed by atoms with van der Waals surface area (Å²) in [5.74, 6) is 1.27. The molecule has 2 rings (SSSR count). The summed E-state index contributed by atoms with van der Waals surface area (Å²) in [5, 5.41) is 12.9. The summed E-state index contributed by atoms with van der Waals surface area (Å²) in [6, 6.07) is 18.8. The maximum atomic E-state index is 12.0. The SMILES string of the molecule is O=[S@@](CCNC[C@@H](O)COc1ccccc1)c1ccccc1. The first-order valence-electron chi connectivity index (χ1n) is 7.26. The molecule has 0 heterocycles. The Morgan fingerprint density at radius 3 is 2.36 bits per heavy atom. The van der Waals surface area contributed by atoms with E-state index in [2.05, 4.69) is 5.32 Å². The minimum absolute atomic E-state index is 0.235. The second kappa shape index (κ2) is 9.35. The van der Waals surface area contributed by atoms with E-state index in [1.54, 1.807) is 0 Å². The maximum absolute atomic E-state index is 12.0. The van der Waals surface area contributed by atoms with Gasteiger partial charge in [0.15, 0.2) is 0 Å². The van der Waals surface area contributed by atoms with Crippen molar-refractivity contribution in [1.29, 1.82) is 0 Å². The highest BCUT2D eigenvalue weighted by Gasteiger charge is 2.06. The van der Waals surface area contributed by atoms with Crippen LogP contribution in [0.25, 0.3) is 0 Å². The van der Waals surface area contributed by atoms with Crippen LogP contribution >= 0.6 is 0 Å². The van der Waals surface area contributed by atoms with Crippen LogP contribution in [0.3, 0.4) is 0 Å². The summed E-state index contributed by atoms with van der Waals surface area (Å²) in [6.07, 6.45) is -0.592. The number of benzene rings is 2. The Balaban J connectivity index is 1.59. The number of aliphatic hydroxyl groups excluding tert-OH is 1. The zero-order chi connectivity index (χ0) is 15.6. The van der Waals surface area contributed by atoms with Crippen molar-refractivity contribution in [2.75, 3.05) is 25.4 Å². The Morgan fingerprint density at radius 2 is 1.68 bits per heavy atom. The topological polar surface area (TPSA) is 58.6 Å². The van der Waals surface area contributed by atoms with Gasteiger partial charge >= 0.3 is 0 Å². The molecule has 2 atom stereocenters. The minimum atomic E-state index is -1.01. The highest BCUT2D eigenvalue weighted by Crippen LogP contribution is 2.08. The number of hydrogen-bond donors (Lipinski definition) is 2. The lowest BCUT2D eigenvalue weighted by molar-refractivity contribution is 0.107. The van der Waals surface area contributed by atoms with Gasteiger partial charge in [-0.1, -0.05) is 36.4 Å². The van der Waals surface area contributed by atoms with Gasteiger partial charge in [-0.2, -0.15) is 0 Å². The van der Waals surface area contributed by atoms with E-state index in [0.717, 1.165) is 10.6 Å². The summed E-state index contributed by atoms with van der Waals surface area (Å²) in [7, 11) is -1.01. The van der Waals surface area contributed by atoms with Crippen molar-refractivity contribution in [2.45, 2.75) is 11.0 Å². The first kappa shape index (κ1) is 16.7. The lowest BCUT2D eigenvalue weighted by Crippen LogP contribution is -2.33. The normalized spacial score (nSPS) is 13.5. The highest BCUT2D eigenvalue weighted by molar-refractivity contribution is 7.85. The molecule has 22 heavy (non-hydrogen) atoms. The lowest BCUT2D eigenvalue weighted by Gasteiger charge is -2.13. The molecule has 0 spiro atoms. The van der Waals surface area contributed by atoms with Crippen LogP contribution in [0.4, 0.5) is 0 Å². The van der Waals surface area contributed by atoms with Gasteiger partial charge in [-0.25, -0.2) is 0 Å². The van der Waals surface area contributed by atoms with Gasteiger partial charge in [-0.15, -0.1) is 0 Å². The second-order valence-electron chi connectivity index (χ2n) is 4.84. The zero-order valence-electron chi connectivity index (χ0n) is 12.4. The van der Waals surface area contributed by atoms with Gasteiger partial charge < -0.3 is 15.2 Å². The molecule has 0 radical (unpaired) electrons. The van der Waals surface area contributed by atoms with Crippen LogP contribution in [0.5, 0.6) is 5.75 Å². The first-order chi connectivity index (χ1) is 10.8. The fraction of sp³-hybridized carbons (Fsp3) is 0.294. The molecule has 0 aliphatic carbocycles. The number of rotatable bonds is 9. The third-order valence-electron chi connectivity index (χ3n) is 3.04. The average molecular weight is 319 g/mol. The molecule has 0 unspecified atom stereocenters. The Labute approximate surface area is 133 Å². The van der Waals surface area contributed by atoms with Crippen molar-refractivity contribution in [2.24, 2.45) is 0 Å². The smallest absolute Gasteiger partial charge is 0.119 e. The Kier molecular flexibility index (Phi) is 7.09. The van der Waals surface area contributed by atoms with E-state index in [-0.39, 0.29) is 6.61 Å². The molecule has 2 aromatic carbocycles. The third-order valence-corrected chi connectivity index (χ3v) is 4.41. The van der Waals surface area contributed by atoms with E-state index in [0.29, 0.717) is 18.8 Å². The van der Waals surface area contributed by atoms with Gasteiger partial charge in [0.2, 0.25) is 0 Å². The number of para-hydroxylation sites is 1. The largest absolute Gasteiger partial charge is 0.491 e. The van der Waals surface area contributed by atoms with Crippen molar-refractivity contribution in [3.05, 3.63) is 60.7 Å². The van der Waals surface area contributed by atoms with Gasteiger partial charge in [-0.3, -0.25) is 4.21 Å². The molecule has 0 fully saturated rings. The van der Waals surface area contributed by atoms with Crippen LogP contribution in [-0.2, 0) is 10.8 Å². The summed E-state index contributed by atoms with van der Waals surface area (Å²) >= 11 is 0. The summed E-state index contributed by atoms with van der Waals surface area (Å²) in [5.41, 5.74) is 0. The Hall–Kier alpha value is -1.69. The van der Waals surface area contributed by atoms with Crippen LogP contribution in [0.15, 0.2) is 65.6 Å². The van der Waals surface area contributed by atoms with Crippen molar-refractivity contribution < 1.29 is 14.1 Å². The van der Waals surface area contributed by atoms with Crippen LogP contribution in [0.1, 0.15) is 0 Å². The molecule has 0 bridgehead atoms. The molecule has 0 aliphatic rings. The van der Waals surface area contributed by atoms with Crippen LogP contribution < -0.4 is 10.1 Å². The molecule has 0 saturated carbocycles. The molecule has 118 valence electrons. The van der Waals surface area contributed by atoms with Crippen LogP contribution in [0, 0.1) is 0 Å². The van der Waals surface area contributed by atoms with Gasteiger partial charge in [0.05, 0.1) is 10.8 Å². The molecule has 2 N–H and O–H groups in total. The summed E-state index contributed by atoms with van der Waals surface area (Å²) in [4.78, 5) is 0.831. The summed E-state index contributed by atoms with van der Waals surface area (Å²) in [6.45, 7) is 1.24. The van der Waals surface area contributed by atoms with Crippen molar-refractivity contribution in [1.82, 2.24) is 5.32 Å². The number of aliphatic hydroxyl groups is 1. The predicted octanol–water partition coefficient (Wildman–Crippen LogP) is 1.82. The molecule has 2 aromatic rings. The summed E-state index contributed by atoms with van der Waals surface area (Å²) < 4.78 is 17.4. The van der Waals surface area contributed by atoms with Crippen LogP contribution in [-0.4, -0.2) is 40.9 Å². The van der Waals surface area contributed by atoms with Crippen LogP contribution in [0.2, 0.25) is 0 Å². The van der Waals surface area contributed by atoms with Crippen molar-refractivity contribution in [3.63, 3.8) is 0 Å². The minimum Gasteiger partial charge on any atom is -0.491 e. The first-order valence-corrected chi connectivity index (χ1v) is 8.57. The van der Waals surface area contributed by atoms with Gasteiger partial charge in [0.1, 0.15) is 18.5 Å². The molecule has 0 saturated heterocycles. The van der Waals surface area contributed by atoms with Gasteiger partial charge in [-0.05, 0) is 24.3 Å². The Bertz CT molecular complexity index is 563. The van der Waals surface area contributed by atoms with Gasteiger partial charge in [0.25, 0.3) is 0 Å². The predicted molar refractivity (Wildman–Crippen MR) is 88.5 cm³/mol. The van der Waals surface area contributed by atoms with Gasteiger partial charge in [0, 0.05) is 23.7 Å². The van der Waals surface area contributed by atoms with E-state index < -0.39 is 16.9 Å². The van der Waals surface area contributed by atoms with E-state index in [4.69, 9.17) is 4.74 Å². The lowest BCUT2D eigenvalue weighted by atomic mass is 10.3. The number of ether oxygens (including phenoxy) is 1. The maximum Gasteiger partial charge on any atom is 0.119 e. The third kappa shape index (κ3) is 5.97. The van der Waals surface area contributed by atoms with E-state index >= 15 is 0 Å². The van der Waals surface area contributed by atoms with E-state index in [1.165, 1.54) is 0 Å². The molecular formula is C17H21NO3S.